The van der Waals surface area contributed by atoms with Gasteiger partial charge in [-0.2, -0.15) is 0 Å². The minimum absolute atomic E-state index is 0.0612. The molecule has 1 aromatic carbocycles. The minimum Gasteiger partial charge on any atom is -0.324 e. The summed E-state index contributed by atoms with van der Waals surface area (Å²) in [5.74, 6) is -0.295. The highest BCUT2D eigenvalue weighted by atomic mass is 16.2. The van der Waals surface area contributed by atoms with Crippen LogP contribution >= 0.6 is 0 Å². The van der Waals surface area contributed by atoms with Crippen molar-refractivity contribution in [3.63, 3.8) is 0 Å². The van der Waals surface area contributed by atoms with E-state index in [1.807, 2.05) is 18.2 Å². The van der Waals surface area contributed by atoms with Gasteiger partial charge >= 0.3 is 6.03 Å². The maximum atomic E-state index is 12.6. The van der Waals surface area contributed by atoms with E-state index < -0.39 is 5.54 Å². The molecule has 5 amide bonds. The maximum absolute atomic E-state index is 12.6. The number of nitrogens with zero attached hydrogens (tertiary/aromatic N) is 2. The number of anilines is 2. The van der Waals surface area contributed by atoms with Gasteiger partial charge in [0, 0.05) is 25.9 Å². The van der Waals surface area contributed by atoms with E-state index in [4.69, 9.17) is 0 Å². The molecule has 2 aliphatic heterocycles. The molecule has 29 heavy (non-hydrogen) atoms. The molecule has 8 heteroatoms. The first kappa shape index (κ1) is 19.4. The summed E-state index contributed by atoms with van der Waals surface area (Å²) in [6.45, 7) is 0.881. The lowest BCUT2D eigenvalue weighted by molar-refractivity contribution is -0.131. The molecule has 8 nitrogen and oxygen atoms in total. The van der Waals surface area contributed by atoms with Crippen LogP contribution in [0.25, 0.3) is 0 Å². The number of amides is 5. The van der Waals surface area contributed by atoms with Gasteiger partial charge in [-0.3, -0.25) is 19.3 Å². The van der Waals surface area contributed by atoms with Crippen molar-refractivity contribution in [1.82, 2.24) is 10.2 Å². The summed E-state index contributed by atoms with van der Waals surface area (Å²) in [5.41, 5.74) is 0.605. The number of rotatable bonds is 6. The summed E-state index contributed by atoms with van der Waals surface area (Å²) in [4.78, 5) is 52.2. The lowest BCUT2D eigenvalue weighted by atomic mass is 9.98. The van der Waals surface area contributed by atoms with E-state index in [0.717, 1.165) is 19.3 Å². The predicted octanol–water partition coefficient (Wildman–Crippen LogP) is 2.40. The third kappa shape index (κ3) is 3.71. The number of para-hydroxylation sites is 2. The summed E-state index contributed by atoms with van der Waals surface area (Å²) in [6, 6.07) is 6.91. The molecule has 3 fully saturated rings. The van der Waals surface area contributed by atoms with E-state index in [1.165, 1.54) is 4.90 Å². The number of hydrogen-bond acceptors (Lipinski definition) is 4. The standard InChI is InChI=1S/C21H26N4O4/c26-17(22-15-7-1-2-8-16(15)24-13-6-10-18(24)27)9-5-14-25-19(28)21(23-20(25)29)11-3-4-12-21/h1-2,7-8H,3-6,9-14H2,(H,22,26)(H,23,29). The molecule has 1 spiro atoms. The van der Waals surface area contributed by atoms with Crippen LogP contribution in [0.4, 0.5) is 16.2 Å². The Morgan fingerprint density at radius 2 is 1.86 bits per heavy atom. The van der Waals surface area contributed by atoms with Crippen LogP contribution in [0.15, 0.2) is 24.3 Å². The van der Waals surface area contributed by atoms with Gasteiger partial charge in [0.25, 0.3) is 5.91 Å². The molecule has 2 saturated heterocycles. The van der Waals surface area contributed by atoms with Crippen LogP contribution in [-0.2, 0) is 14.4 Å². The van der Waals surface area contributed by atoms with Gasteiger partial charge in [-0.1, -0.05) is 25.0 Å². The quantitative estimate of drug-likeness (QED) is 0.719. The summed E-state index contributed by atoms with van der Waals surface area (Å²) >= 11 is 0. The van der Waals surface area contributed by atoms with Gasteiger partial charge in [-0.15, -0.1) is 0 Å². The molecule has 154 valence electrons. The highest BCUT2D eigenvalue weighted by Gasteiger charge is 2.52. The van der Waals surface area contributed by atoms with Crippen LogP contribution in [0.1, 0.15) is 51.4 Å². The van der Waals surface area contributed by atoms with E-state index in [1.54, 1.807) is 11.0 Å². The van der Waals surface area contributed by atoms with E-state index in [-0.39, 0.29) is 36.7 Å². The van der Waals surface area contributed by atoms with Gasteiger partial charge in [-0.05, 0) is 37.8 Å². The van der Waals surface area contributed by atoms with E-state index in [2.05, 4.69) is 10.6 Å². The lowest BCUT2D eigenvalue weighted by Crippen LogP contribution is -2.44. The summed E-state index contributed by atoms with van der Waals surface area (Å²) in [7, 11) is 0. The summed E-state index contributed by atoms with van der Waals surface area (Å²) in [6.07, 6.45) is 5.20. The van der Waals surface area contributed by atoms with E-state index in [9.17, 15) is 19.2 Å². The van der Waals surface area contributed by atoms with Crippen LogP contribution in [0.3, 0.4) is 0 Å². The van der Waals surface area contributed by atoms with Crippen LogP contribution in [0.5, 0.6) is 0 Å². The molecule has 0 aromatic heterocycles. The van der Waals surface area contributed by atoms with Crippen LogP contribution in [0, 0.1) is 0 Å². The fourth-order valence-corrected chi connectivity index (χ4v) is 4.52. The average molecular weight is 398 g/mol. The fraction of sp³-hybridized carbons (Fsp3) is 0.524. The summed E-state index contributed by atoms with van der Waals surface area (Å²) in [5, 5.41) is 5.72. The Kier molecular flexibility index (Phi) is 5.25. The second kappa shape index (κ2) is 7.85. The molecule has 0 atom stereocenters. The molecular formula is C21H26N4O4. The van der Waals surface area contributed by atoms with Crippen molar-refractivity contribution in [3.8, 4) is 0 Å². The molecule has 1 saturated carbocycles. The highest BCUT2D eigenvalue weighted by Crippen LogP contribution is 2.35. The third-order valence-electron chi connectivity index (χ3n) is 6.03. The minimum atomic E-state index is -0.708. The van der Waals surface area contributed by atoms with Gasteiger partial charge < -0.3 is 15.5 Å². The molecule has 0 bridgehead atoms. The molecular weight excluding hydrogens is 372 g/mol. The zero-order valence-electron chi connectivity index (χ0n) is 16.4. The average Bonchev–Trinajstić information content (AvgIpc) is 3.39. The largest absolute Gasteiger partial charge is 0.325 e. The third-order valence-corrected chi connectivity index (χ3v) is 6.03. The van der Waals surface area contributed by atoms with Gasteiger partial charge in [0.1, 0.15) is 5.54 Å². The zero-order valence-corrected chi connectivity index (χ0v) is 16.4. The highest BCUT2D eigenvalue weighted by molar-refractivity contribution is 6.07. The number of carbonyl (C=O) groups is 4. The monoisotopic (exact) mass is 398 g/mol. The smallest absolute Gasteiger partial charge is 0.324 e. The summed E-state index contributed by atoms with van der Waals surface area (Å²) < 4.78 is 0. The van der Waals surface area contributed by atoms with Crippen molar-refractivity contribution in [2.75, 3.05) is 23.3 Å². The molecule has 4 rings (SSSR count). The molecule has 3 aliphatic rings. The molecule has 2 N–H and O–H groups in total. The van der Waals surface area contributed by atoms with Crippen LogP contribution in [0.2, 0.25) is 0 Å². The molecule has 2 heterocycles. The number of carbonyl (C=O) groups excluding carboxylic acids is 4. The molecule has 0 unspecified atom stereocenters. The van der Waals surface area contributed by atoms with Gasteiger partial charge in [0.05, 0.1) is 11.4 Å². The zero-order chi connectivity index (χ0) is 20.4. The molecule has 1 aromatic rings. The van der Waals surface area contributed by atoms with Crippen molar-refractivity contribution >= 4 is 35.1 Å². The molecule has 1 aliphatic carbocycles. The predicted molar refractivity (Wildman–Crippen MR) is 107 cm³/mol. The lowest BCUT2D eigenvalue weighted by Gasteiger charge is -2.20. The number of imide groups is 1. The Morgan fingerprint density at radius 1 is 1.10 bits per heavy atom. The van der Waals surface area contributed by atoms with E-state index in [0.29, 0.717) is 43.6 Å². The Morgan fingerprint density at radius 3 is 2.59 bits per heavy atom. The van der Waals surface area contributed by atoms with Crippen LogP contribution in [-0.4, -0.2) is 47.3 Å². The van der Waals surface area contributed by atoms with Gasteiger partial charge in [0.2, 0.25) is 11.8 Å². The van der Waals surface area contributed by atoms with Crippen LogP contribution < -0.4 is 15.5 Å². The Balaban J connectivity index is 1.32. The molecule has 0 radical (unpaired) electrons. The SMILES string of the molecule is O=C(CCCN1C(=O)NC2(CCCC2)C1=O)Nc1ccccc1N1CCCC1=O. The number of nitrogens with one attached hydrogen (secondary N) is 2. The number of urea groups is 1. The first-order valence-corrected chi connectivity index (χ1v) is 10.3. The Hall–Kier alpha value is -2.90. The first-order chi connectivity index (χ1) is 14.0. The number of benzene rings is 1. The fourth-order valence-electron chi connectivity index (χ4n) is 4.52. The van der Waals surface area contributed by atoms with Crippen molar-refractivity contribution in [3.05, 3.63) is 24.3 Å². The van der Waals surface area contributed by atoms with E-state index >= 15 is 0 Å². The number of hydrogen-bond donors (Lipinski definition) is 2. The maximum Gasteiger partial charge on any atom is 0.325 e. The Bertz CT molecular complexity index is 847. The van der Waals surface area contributed by atoms with Gasteiger partial charge in [-0.25, -0.2) is 4.79 Å². The van der Waals surface area contributed by atoms with Crippen molar-refractivity contribution < 1.29 is 19.2 Å². The Labute approximate surface area is 169 Å². The first-order valence-electron chi connectivity index (χ1n) is 10.3. The van der Waals surface area contributed by atoms with Gasteiger partial charge in [0.15, 0.2) is 0 Å². The second-order valence-electron chi connectivity index (χ2n) is 7.99. The normalized spacial score (nSPS) is 20.6. The topological polar surface area (TPSA) is 98.8 Å². The van der Waals surface area contributed by atoms with Crippen molar-refractivity contribution in [2.45, 2.75) is 56.9 Å². The van der Waals surface area contributed by atoms with Crippen molar-refractivity contribution in [1.29, 1.82) is 0 Å². The second-order valence-corrected chi connectivity index (χ2v) is 7.99. The van der Waals surface area contributed by atoms with Crippen molar-refractivity contribution in [2.24, 2.45) is 0 Å².